The van der Waals surface area contributed by atoms with Crippen molar-refractivity contribution in [1.29, 1.82) is 0 Å². The summed E-state index contributed by atoms with van der Waals surface area (Å²) in [4.78, 5) is 36.8. The number of carbonyl (C=O) groups excluding carboxylic acids is 3. The van der Waals surface area contributed by atoms with Gasteiger partial charge in [0.15, 0.2) is 8.32 Å². The van der Waals surface area contributed by atoms with Crippen molar-refractivity contribution in [3.05, 3.63) is 35.4 Å². The van der Waals surface area contributed by atoms with E-state index in [-0.39, 0.29) is 27.9 Å². The molecule has 1 atom stereocenters. The number of carbonyl (C=O) groups is 3. The lowest BCUT2D eigenvalue weighted by atomic mass is 9.99. The second kappa shape index (κ2) is 10.1. The van der Waals surface area contributed by atoms with Crippen LogP contribution >= 0.6 is 11.9 Å². The normalized spacial score (nSPS) is 16.9. The molecule has 2 amide bonds. The molecule has 2 rings (SSSR count). The Kier molecular flexibility index (Phi) is 8.30. The predicted molar refractivity (Wildman–Crippen MR) is 124 cm³/mol. The number of rotatable bonds is 9. The number of amides is 2. The molecule has 0 saturated carbocycles. The van der Waals surface area contributed by atoms with Crippen LogP contribution in [0.1, 0.15) is 61.3 Å². The van der Waals surface area contributed by atoms with Crippen molar-refractivity contribution in [2.75, 3.05) is 19.7 Å². The number of hydrogen-bond acceptors (Lipinski definition) is 5. The molecule has 0 radical (unpaired) electrons. The molecule has 1 heterocycles. The van der Waals surface area contributed by atoms with Gasteiger partial charge in [0.1, 0.15) is 0 Å². The summed E-state index contributed by atoms with van der Waals surface area (Å²) in [5, 5.41) is 2.76. The molecule has 1 N–H and O–H groups in total. The van der Waals surface area contributed by atoms with Gasteiger partial charge in [-0.05, 0) is 55.2 Å². The highest BCUT2D eigenvalue weighted by molar-refractivity contribution is 8.12. The van der Waals surface area contributed by atoms with E-state index in [1.807, 2.05) is 6.92 Å². The van der Waals surface area contributed by atoms with Crippen molar-refractivity contribution < 1.29 is 18.8 Å². The van der Waals surface area contributed by atoms with E-state index in [9.17, 15) is 14.4 Å². The number of hydrogen-bond donors (Lipinski definition) is 1. The first kappa shape index (κ1) is 24.6. The number of β-lactam (4-membered cyclic amide) rings is 1. The van der Waals surface area contributed by atoms with Crippen LogP contribution in [-0.4, -0.2) is 49.2 Å². The summed E-state index contributed by atoms with van der Waals surface area (Å²) < 4.78 is 7.67. The van der Waals surface area contributed by atoms with Gasteiger partial charge in [0.25, 0.3) is 5.91 Å². The van der Waals surface area contributed by atoms with Crippen LogP contribution in [0.5, 0.6) is 0 Å². The number of benzene rings is 1. The Morgan fingerprint density at radius 1 is 1.20 bits per heavy atom. The molecule has 6 nitrogen and oxygen atoms in total. The first-order valence-electron chi connectivity index (χ1n) is 10.5. The Morgan fingerprint density at radius 3 is 2.33 bits per heavy atom. The SMILES string of the molecule is CCCNC(=O)c1ccc(C(=O)SN2C[C@H](CCO[Si](C)(C)C(C)(C)C)C2=O)cc1. The molecule has 30 heavy (non-hydrogen) atoms. The Bertz CT molecular complexity index is 774. The topological polar surface area (TPSA) is 75.7 Å². The summed E-state index contributed by atoms with van der Waals surface area (Å²) in [6.07, 6.45) is 1.56. The maximum Gasteiger partial charge on any atom is 0.251 e. The van der Waals surface area contributed by atoms with Gasteiger partial charge in [0.2, 0.25) is 11.0 Å². The van der Waals surface area contributed by atoms with Crippen LogP contribution in [-0.2, 0) is 9.22 Å². The van der Waals surface area contributed by atoms with Crippen LogP contribution in [0.15, 0.2) is 24.3 Å². The minimum atomic E-state index is -1.80. The Labute approximate surface area is 185 Å². The highest BCUT2D eigenvalue weighted by atomic mass is 32.2. The molecular formula is C22H34N2O4SSi. The molecule has 1 aliphatic heterocycles. The molecular weight excluding hydrogens is 416 g/mol. The smallest absolute Gasteiger partial charge is 0.251 e. The van der Waals surface area contributed by atoms with E-state index in [4.69, 9.17) is 4.43 Å². The molecule has 0 aromatic heterocycles. The van der Waals surface area contributed by atoms with Crippen molar-refractivity contribution in [2.45, 2.75) is 58.7 Å². The fourth-order valence-electron chi connectivity index (χ4n) is 2.68. The maximum atomic E-state index is 12.5. The second-order valence-corrected chi connectivity index (χ2v) is 15.0. The molecule has 0 bridgehead atoms. The minimum Gasteiger partial charge on any atom is -0.417 e. The van der Waals surface area contributed by atoms with Gasteiger partial charge < -0.3 is 9.74 Å². The van der Waals surface area contributed by atoms with Gasteiger partial charge in [-0.2, -0.15) is 0 Å². The number of nitrogens with one attached hydrogen (secondary N) is 1. The van der Waals surface area contributed by atoms with Crippen LogP contribution in [0.2, 0.25) is 18.1 Å². The zero-order chi connectivity index (χ0) is 22.5. The van der Waals surface area contributed by atoms with Gasteiger partial charge in [0.05, 0.1) is 5.92 Å². The second-order valence-electron chi connectivity index (χ2n) is 9.21. The van der Waals surface area contributed by atoms with Crippen molar-refractivity contribution in [3.63, 3.8) is 0 Å². The van der Waals surface area contributed by atoms with Crippen molar-refractivity contribution in [1.82, 2.24) is 9.62 Å². The third-order valence-corrected chi connectivity index (χ3v) is 11.3. The lowest BCUT2D eigenvalue weighted by Crippen LogP contribution is -2.50. The van der Waals surface area contributed by atoms with Crippen molar-refractivity contribution >= 4 is 37.2 Å². The first-order valence-corrected chi connectivity index (χ1v) is 14.2. The van der Waals surface area contributed by atoms with Gasteiger partial charge in [-0.15, -0.1) is 0 Å². The highest BCUT2D eigenvalue weighted by Crippen LogP contribution is 2.37. The molecule has 0 aliphatic carbocycles. The van der Waals surface area contributed by atoms with Crippen LogP contribution in [0.25, 0.3) is 0 Å². The van der Waals surface area contributed by atoms with Crippen LogP contribution in [0, 0.1) is 5.92 Å². The molecule has 1 fully saturated rings. The van der Waals surface area contributed by atoms with E-state index in [1.54, 1.807) is 24.3 Å². The Morgan fingerprint density at radius 2 is 1.80 bits per heavy atom. The van der Waals surface area contributed by atoms with E-state index in [2.05, 4.69) is 39.2 Å². The summed E-state index contributed by atoms with van der Waals surface area (Å²) in [5.41, 5.74) is 0.997. The average Bonchev–Trinajstić information content (AvgIpc) is 2.69. The fourth-order valence-corrected chi connectivity index (χ4v) is 4.68. The van der Waals surface area contributed by atoms with E-state index in [0.717, 1.165) is 18.4 Å². The lowest BCUT2D eigenvalue weighted by molar-refractivity contribution is -0.140. The quantitative estimate of drug-likeness (QED) is 0.341. The summed E-state index contributed by atoms with van der Waals surface area (Å²) in [6.45, 7) is 14.8. The summed E-state index contributed by atoms with van der Waals surface area (Å²) in [7, 11) is -1.80. The number of nitrogens with zero attached hydrogens (tertiary/aromatic N) is 1. The lowest BCUT2D eigenvalue weighted by Gasteiger charge is -2.39. The van der Waals surface area contributed by atoms with Gasteiger partial charge in [-0.1, -0.05) is 27.7 Å². The Hall–Kier alpha value is -1.64. The first-order chi connectivity index (χ1) is 14.0. The molecule has 166 valence electrons. The van der Waals surface area contributed by atoms with E-state index in [1.165, 1.54) is 4.31 Å². The van der Waals surface area contributed by atoms with Crippen LogP contribution in [0.4, 0.5) is 0 Å². The van der Waals surface area contributed by atoms with Gasteiger partial charge >= 0.3 is 0 Å². The van der Waals surface area contributed by atoms with E-state index >= 15 is 0 Å². The highest BCUT2D eigenvalue weighted by Gasteiger charge is 2.40. The summed E-state index contributed by atoms with van der Waals surface area (Å²) in [5.74, 6) is -0.230. The van der Waals surface area contributed by atoms with Crippen LogP contribution < -0.4 is 5.32 Å². The predicted octanol–water partition coefficient (Wildman–Crippen LogP) is 4.49. The minimum absolute atomic E-state index is 0.0113. The van der Waals surface area contributed by atoms with Crippen molar-refractivity contribution in [2.24, 2.45) is 5.92 Å². The molecule has 1 aromatic rings. The zero-order valence-electron chi connectivity index (χ0n) is 18.9. The van der Waals surface area contributed by atoms with Crippen molar-refractivity contribution in [3.8, 4) is 0 Å². The third-order valence-electron chi connectivity index (χ3n) is 5.83. The van der Waals surface area contributed by atoms with Gasteiger partial charge in [0, 0.05) is 42.8 Å². The monoisotopic (exact) mass is 450 g/mol. The standard InChI is InChI=1S/C22H34N2O4SSi/c1-7-13-23-19(25)16-8-10-17(11-9-16)21(27)29-24-15-18(20(24)26)12-14-28-30(5,6)22(2,3)4/h8-11,18H,7,12-15H2,1-6H3,(H,23,25)/t18-/m0/s1. The zero-order valence-corrected chi connectivity index (χ0v) is 20.7. The summed E-state index contributed by atoms with van der Waals surface area (Å²) in [6, 6.07) is 6.53. The largest absolute Gasteiger partial charge is 0.417 e. The Balaban J connectivity index is 1.78. The van der Waals surface area contributed by atoms with Crippen LogP contribution in [0.3, 0.4) is 0 Å². The third kappa shape index (κ3) is 6.18. The van der Waals surface area contributed by atoms with E-state index in [0.29, 0.717) is 37.2 Å². The molecule has 1 aromatic carbocycles. The average molecular weight is 451 g/mol. The summed E-state index contributed by atoms with van der Waals surface area (Å²) >= 11 is 0.935. The molecule has 0 spiro atoms. The van der Waals surface area contributed by atoms with E-state index < -0.39 is 8.32 Å². The molecule has 1 saturated heterocycles. The van der Waals surface area contributed by atoms with Gasteiger partial charge in [-0.25, -0.2) is 0 Å². The fraction of sp³-hybridized carbons (Fsp3) is 0.591. The molecule has 1 aliphatic rings. The van der Waals surface area contributed by atoms with Gasteiger partial charge in [-0.3, -0.25) is 18.7 Å². The molecule has 0 unspecified atom stereocenters. The maximum absolute atomic E-state index is 12.5. The molecule has 8 heteroatoms.